The summed E-state index contributed by atoms with van der Waals surface area (Å²) >= 11 is 0. The summed E-state index contributed by atoms with van der Waals surface area (Å²) in [5.74, 6) is -0.0574. The minimum Gasteiger partial charge on any atom is -0.525 e. The van der Waals surface area contributed by atoms with Crippen molar-refractivity contribution >= 4 is 15.7 Å². The molecule has 0 fully saturated rings. The summed E-state index contributed by atoms with van der Waals surface area (Å²) < 4.78 is 4.96. The van der Waals surface area contributed by atoms with Crippen molar-refractivity contribution in [2.24, 2.45) is 0 Å². The Morgan fingerprint density at radius 1 is 1.38 bits per heavy atom. The molecule has 0 aliphatic carbocycles. The van der Waals surface area contributed by atoms with E-state index in [4.69, 9.17) is 4.43 Å². The van der Waals surface area contributed by atoms with Crippen LogP contribution in [0.25, 0.3) is 0 Å². The molecule has 0 aliphatic heterocycles. The van der Waals surface area contributed by atoms with Crippen LogP contribution in [-0.2, 0) is 15.6 Å². The second-order valence-electron chi connectivity index (χ2n) is 2.79. The molecule has 0 heterocycles. The van der Waals surface area contributed by atoms with Gasteiger partial charge in [0.15, 0.2) is 0 Å². The van der Waals surface area contributed by atoms with E-state index in [1.807, 2.05) is 36.9 Å². The van der Waals surface area contributed by atoms with Gasteiger partial charge in [-0.05, 0) is 18.5 Å². The second kappa shape index (κ2) is 5.53. The van der Waals surface area contributed by atoms with Gasteiger partial charge in [-0.1, -0.05) is 30.3 Å². The molecule has 0 amide bonds. The maximum Gasteiger partial charge on any atom is 0.292 e. The Kier molecular flexibility index (Phi) is 4.25. The molecule has 0 unspecified atom stereocenters. The Balaban J connectivity index is 2.31. The number of aryl methyl sites for hydroxylation is 1. The first-order chi connectivity index (χ1) is 6.33. The van der Waals surface area contributed by atoms with Crippen LogP contribution in [0.15, 0.2) is 30.3 Å². The van der Waals surface area contributed by atoms with Gasteiger partial charge < -0.3 is 4.43 Å². The Hall–Kier alpha value is -1.09. The van der Waals surface area contributed by atoms with Gasteiger partial charge in [0.05, 0.1) is 0 Å². The summed E-state index contributed by atoms with van der Waals surface area (Å²) in [6.45, 7) is 1.96. The van der Waals surface area contributed by atoms with Crippen molar-refractivity contribution in [1.82, 2.24) is 0 Å². The monoisotopic (exact) mass is 194 g/mol. The second-order valence-corrected chi connectivity index (χ2v) is 3.66. The van der Waals surface area contributed by atoms with Crippen LogP contribution >= 0.6 is 0 Å². The fourth-order valence-corrected chi connectivity index (χ4v) is 1.59. The third kappa shape index (κ3) is 3.89. The SMILES string of the molecule is C[SiH2]OC(=O)CCc1ccccc1. The summed E-state index contributed by atoms with van der Waals surface area (Å²) in [5, 5.41) is 0. The minimum atomic E-state index is -0.583. The molecule has 0 N–H and O–H groups in total. The van der Waals surface area contributed by atoms with Gasteiger partial charge in [-0.3, -0.25) is 4.79 Å². The molecule has 0 radical (unpaired) electrons. The smallest absolute Gasteiger partial charge is 0.292 e. The van der Waals surface area contributed by atoms with Crippen molar-refractivity contribution in [3.05, 3.63) is 35.9 Å². The number of hydrogen-bond acceptors (Lipinski definition) is 2. The Bertz CT molecular complexity index is 259. The Morgan fingerprint density at radius 3 is 2.69 bits per heavy atom. The van der Waals surface area contributed by atoms with Crippen molar-refractivity contribution in [2.45, 2.75) is 19.4 Å². The van der Waals surface area contributed by atoms with Crippen molar-refractivity contribution < 1.29 is 9.22 Å². The summed E-state index contributed by atoms with van der Waals surface area (Å²) in [4.78, 5) is 11.0. The van der Waals surface area contributed by atoms with E-state index in [0.29, 0.717) is 6.42 Å². The molecule has 0 atom stereocenters. The lowest BCUT2D eigenvalue weighted by Gasteiger charge is -2.01. The molecule has 1 aromatic rings. The largest absolute Gasteiger partial charge is 0.525 e. The van der Waals surface area contributed by atoms with Crippen molar-refractivity contribution in [3.8, 4) is 0 Å². The standard InChI is InChI=1S/C10H14O2Si/c1-13-12-10(11)8-7-9-5-3-2-4-6-9/h2-6H,7-8,13H2,1H3. The van der Waals surface area contributed by atoms with Crippen LogP contribution in [-0.4, -0.2) is 15.7 Å². The quantitative estimate of drug-likeness (QED) is 0.675. The molecule has 2 nitrogen and oxygen atoms in total. The van der Waals surface area contributed by atoms with Gasteiger partial charge in [0, 0.05) is 6.42 Å². The van der Waals surface area contributed by atoms with Crippen molar-refractivity contribution in [1.29, 1.82) is 0 Å². The molecular weight excluding hydrogens is 180 g/mol. The van der Waals surface area contributed by atoms with Gasteiger partial charge in [-0.15, -0.1) is 0 Å². The normalized spacial score (nSPS) is 10.5. The zero-order chi connectivity index (χ0) is 9.52. The highest BCUT2D eigenvalue weighted by molar-refractivity contribution is 6.28. The number of carbonyl (C=O) groups excluding carboxylic acids is 1. The van der Waals surface area contributed by atoms with E-state index in [1.165, 1.54) is 5.56 Å². The van der Waals surface area contributed by atoms with Crippen LogP contribution < -0.4 is 0 Å². The van der Waals surface area contributed by atoms with E-state index in [0.717, 1.165) is 6.42 Å². The molecule has 0 bridgehead atoms. The third-order valence-electron chi connectivity index (χ3n) is 1.77. The van der Waals surface area contributed by atoms with Crippen LogP contribution in [0.4, 0.5) is 0 Å². The highest BCUT2D eigenvalue weighted by atomic mass is 28.2. The van der Waals surface area contributed by atoms with E-state index < -0.39 is 9.76 Å². The van der Waals surface area contributed by atoms with Crippen LogP contribution in [0.1, 0.15) is 12.0 Å². The number of rotatable bonds is 4. The Labute approximate surface area is 80.9 Å². The lowest BCUT2D eigenvalue weighted by Crippen LogP contribution is -2.06. The van der Waals surface area contributed by atoms with Gasteiger partial charge in [-0.2, -0.15) is 0 Å². The molecule has 13 heavy (non-hydrogen) atoms. The summed E-state index contributed by atoms with van der Waals surface area (Å²) in [7, 11) is -0.583. The fraction of sp³-hybridized carbons (Fsp3) is 0.300. The molecule has 3 heteroatoms. The molecule has 0 saturated heterocycles. The van der Waals surface area contributed by atoms with E-state index in [-0.39, 0.29) is 5.97 Å². The van der Waals surface area contributed by atoms with Crippen molar-refractivity contribution in [2.75, 3.05) is 0 Å². The summed E-state index contributed by atoms with van der Waals surface area (Å²) in [5.41, 5.74) is 1.19. The Morgan fingerprint density at radius 2 is 2.08 bits per heavy atom. The minimum absolute atomic E-state index is 0.0574. The third-order valence-corrected chi connectivity index (χ3v) is 2.38. The molecule has 1 rings (SSSR count). The van der Waals surface area contributed by atoms with Crippen LogP contribution in [0, 0.1) is 0 Å². The maximum absolute atomic E-state index is 11.0. The lowest BCUT2D eigenvalue weighted by atomic mass is 10.1. The predicted molar refractivity (Wildman–Crippen MR) is 55.3 cm³/mol. The topological polar surface area (TPSA) is 26.3 Å². The average molecular weight is 194 g/mol. The average Bonchev–Trinajstić information content (AvgIpc) is 2.17. The van der Waals surface area contributed by atoms with Crippen molar-refractivity contribution in [3.63, 3.8) is 0 Å². The first-order valence-electron chi connectivity index (χ1n) is 4.52. The lowest BCUT2D eigenvalue weighted by molar-refractivity contribution is -0.134. The van der Waals surface area contributed by atoms with E-state index >= 15 is 0 Å². The van der Waals surface area contributed by atoms with E-state index in [2.05, 4.69) is 0 Å². The molecule has 0 aliphatic rings. The van der Waals surface area contributed by atoms with E-state index in [9.17, 15) is 4.79 Å². The highest BCUT2D eigenvalue weighted by Gasteiger charge is 2.00. The molecule has 70 valence electrons. The number of hydrogen-bond donors (Lipinski definition) is 0. The van der Waals surface area contributed by atoms with Gasteiger partial charge >= 0.3 is 0 Å². The zero-order valence-electron chi connectivity index (χ0n) is 7.82. The predicted octanol–water partition coefficient (Wildman–Crippen LogP) is 1.29. The fourth-order valence-electron chi connectivity index (χ4n) is 1.12. The summed E-state index contributed by atoms with van der Waals surface area (Å²) in [6, 6.07) is 9.98. The molecule has 0 saturated carbocycles. The molecule has 0 aromatic heterocycles. The summed E-state index contributed by atoms with van der Waals surface area (Å²) in [6.07, 6.45) is 1.29. The molecule has 1 aromatic carbocycles. The number of benzene rings is 1. The van der Waals surface area contributed by atoms with Gasteiger partial charge in [-0.25, -0.2) is 0 Å². The molecule has 0 spiro atoms. The van der Waals surface area contributed by atoms with Crippen LogP contribution in [0.3, 0.4) is 0 Å². The first-order valence-corrected chi connectivity index (χ1v) is 6.51. The highest BCUT2D eigenvalue weighted by Crippen LogP contribution is 2.02. The molecular formula is C10H14O2Si. The first kappa shape index (κ1) is 9.99. The maximum atomic E-state index is 11.0. The number of carbonyl (C=O) groups is 1. The zero-order valence-corrected chi connectivity index (χ0v) is 9.24. The van der Waals surface area contributed by atoms with E-state index in [1.54, 1.807) is 0 Å². The van der Waals surface area contributed by atoms with Gasteiger partial charge in [0.1, 0.15) is 0 Å². The van der Waals surface area contributed by atoms with Gasteiger partial charge in [0.2, 0.25) is 9.76 Å². The van der Waals surface area contributed by atoms with Crippen LogP contribution in [0.5, 0.6) is 0 Å². The van der Waals surface area contributed by atoms with Gasteiger partial charge in [0.25, 0.3) is 5.97 Å². The van der Waals surface area contributed by atoms with Crippen LogP contribution in [0.2, 0.25) is 6.55 Å².